The first-order valence-corrected chi connectivity index (χ1v) is 5.69. The fraction of sp³-hybridized carbons (Fsp3) is 0.429. The van der Waals surface area contributed by atoms with E-state index in [2.05, 4.69) is 36.2 Å². The van der Waals surface area contributed by atoms with Gasteiger partial charge < -0.3 is 10.1 Å². The average molecular weight is 217 g/mol. The van der Waals surface area contributed by atoms with Gasteiger partial charge in [0, 0.05) is 6.54 Å². The third kappa shape index (κ3) is 4.86. The van der Waals surface area contributed by atoms with Gasteiger partial charge in [-0.15, -0.1) is 5.92 Å². The highest BCUT2D eigenvalue weighted by molar-refractivity contribution is 5.27. The maximum absolute atomic E-state index is 5.43. The molecule has 0 aromatic heterocycles. The molecule has 0 aliphatic carbocycles. The molecule has 2 heteroatoms. The Labute approximate surface area is 98.0 Å². The van der Waals surface area contributed by atoms with Gasteiger partial charge >= 0.3 is 0 Å². The zero-order valence-electron chi connectivity index (χ0n) is 10.0. The zero-order chi connectivity index (χ0) is 11.6. The van der Waals surface area contributed by atoms with E-state index < -0.39 is 0 Å². The molecule has 86 valence electrons. The Bertz CT molecular complexity index is 345. The molecule has 0 saturated carbocycles. The molecule has 0 spiro atoms. The van der Waals surface area contributed by atoms with E-state index in [9.17, 15) is 0 Å². The maximum atomic E-state index is 5.43. The number of rotatable bonds is 6. The second-order valence-electron chi connectivity index (χ2n) is 3.54. The highest BCUT2D eigenvalue weighted by Crippen LogP contribution is 2.11. The normalized spacial score (nSPS) is 9.38. The molecule has 1 rings (SSSR count). The van der Waals surface area contributed by atoms with Crippen LogP contribution in [-0.4, -0.2) is 13.2 Å². The lowest BCUT2D eigenvalue weighted by atomic mass is 10.2. The van der Waals surface area contributed by atoms with Crippen molar-refractivity contribution in [1.29, 1.82) is 0 Å². The predicted octanol–water partition coefficient (Wildman–Crippen LogP) is 2.59. The summed E-state index contributed by atoms with van der Waals surface area (Å²) >= 11 is 0. The van der Waals surface area contributed by atoms with Crippen molar-refractivity contribution in [3.8, 4) is 17.6 Å². The summed E-state index contributed by atoms with van der Waals surface area (Å²) in [4.78, 5) is 0. The van der Waals surface area contributed by atoms with Crippen molar-refractivity contribution in [2.24, 2.45) is 0 Å². The van der Waals surface area contributed by atoms with E-state index >= 15 is 0 Å². The summed E-state index contributed by atoms with van der Waals surface area (Å²) < 4.78 is 5.43. The number of hydrogen-bond donors (Lipinski definition) is 1. The molecular formula is C14H19NO. The lowest BCUT2D eigenvalue weighted by Crippen LogP contribution is -2.13. The first-order valence-electron chi connectivity index (χ1n) is 5.69. The van der Waals surface area contributed by atoms with Gasteiger partial charge in [-0.1, -0.05) is 25.0 Å². The van der Waals surface area contributed by atoms with Crippen molar-refractivity contribution in [3.05, 3.63) is 29.8 Å². The van der Waals surface area contributed by atoms with Crippen LogP contribution in [0.5, 0.6) is 5.75 Å². The molecule has 0 unspecified atom stereocenters. The van der Waals surface area contributed by atoms with Crippen LogP contribution in [0, 0.1) is 11.8 Å². The van der Waals surface area contributed by atoms with Crippen molar-refractivity contribution < 1.29 is 4.74 Å². The smallest absolute Gasteiger partial charge is 0.149 e. The quantitative estimate of drug-likeness (QED) is 0.584. The van der Waals surface area contributed by atoms with Gasteiger partial charge in [-0.2, -0.15) is 0 Å². The van der Waals surface area contributed by atoms with Crippen LogP contribution < -0.4 is 10.1 Å². The third-order valence-corrected chi connectivity index (χ3v) is 2.17. The Hall–Kier alpha value is -1.46. The van der Waals surface area contributed by atoms with Crippen LogP contribution in [0.25, 0.3) is 0 Å². The van der Waals surface area contributed by atoms with E-state index in [1.807, 2.05) is 19.1 Å². The summed E-state index contributed by atoms with van der Waals surface area (Å²) in [7, 11) is 0. The Morgan fingerprint density at radius 2 is 2.00 bits per heavy atom. The van der Waals surface area contributed by atoms with E-state index in [0.717, 1.165) is 25.3 Å². The van der Waals surface area contributed by atoms with Gasteiger partial charge in [-0.25, -0.2) is 0 Å². The summed E-state index contributed by atoms with van der Waals surface area (Å²) in [5, 5.41) is 3.36. The molecule has 0 aliphatic rings. The second-order valence-corrected chi connectivity index (χ2v) is 3.54. The van der Waals surface area contributed by atoms with Gasteiger partial charge in [0.1, 0.15) is 12.4 Å². The second kappa shape index (κ2) is 7.78. The van der Waals surface area contributed by atoms with Crippen molar-refractivity contribution in [3.63, 3.8) is 0 Å². The van der Waals surface area contributed by atoms with Crippen LogP contribution in [0.1, 0.15) is 25.8 Å². The van der Waals surface area contributed by atoms with Crippen molar-refractivity contribution in [1.82, 2.24) is 5.32 Å². The summed E-state index contributed by atoms with van der Waals surface area (Å²) in [5.41, 5.74) is 1.28. The number of hydrogen-bond acceptors (Lipinski definition) is 2. The van der Waals surface area contributed by atoms with E-state index in [0.29, 0.717) is 6.61 Å². The Morgan fingerprint density at radius 1 is 1.25 bits per heavy atom. The lowest BCUT2D eigenvalue weighted by Gasteiger charge is -2.05. The first kappa shape index (κ1) is 12.6. The van der Waals surface area contributed by atoms with Crippen LogP contribution >= 0.6 is 0 Å². The molecule has 0 saturated heterocycles. The maximum Gasteiger partial charge on any atom is 0.149 e. The first-order chi connectivity index (χ1) is 7.86. The molecular weight excluding hydrogens is 198 g/mol. The third-order valence-electron chi connectivity index (χ3n) is 2.17. The fourth-order valence-electron chi connectivity index (χ4n) is 1.30. The highest BCUT2D eigenvalue weighted by Gasteiger charge is 1.94. The molecule has 1 aromatic rings. The van der Waals surface area contributed by atoms with Gasteiger partial charge in [0.15, 0.2) is 0 Å². The number of nitrogens with one attached hydrogen (secondary N) is 1. The summed E-state index contributed by atoms with van der Waals surface area (Å²) in [6.45, 7) is 6.42. The Kier molecular flexibility index (Phi) is 6.13. The lowest BCUT2D eigenvalue weighted by molar-refractivity contribution is 0.370. The number of benzene rings is 1. The van der Waals surface area contributed by atoms with Gasteiger partial charge in [0.2, 0.25) is 0 Å². The van der Waals surface area contributed by atoms with Crippen LogP contribution in [0.4, 0.5) is 0 Å². The molecule has 1 N–H and O–H groups in total. The molecule has 0 aliphatic heterocycles. The number of ether oxygens (including phenoxy) is 1. The van der Waals surface area contributed by atoms with Gasteiger partial charge in [0.25, 0.3) is 0 Å². The van der Waals surface area contributed by atoms with Gasteiger partial charge in [0.05, 0.1) is 0 Å². The van der Waals surface area contributed by atoms with Crippen LogP contribution in [0.15, 0.2) is 24.3 Å². The minimum absolute atomic E-state index is 0.462. The standard InChI is InChI=1S/C14H19NO/c1-3-5-11-16-14-8-6-13(7-9-14)12-15-10-4-2/h6-9,15H,4,10-12H2,1-2H3. The molecule has 1 aromatic carbocycles. The summed E-state index contributed by atoms with van der Waals surface area (Å²) in [5.74, 6) is 6.54. The molecule has 0 fully saturated rings. The topological polar surface area (TPSA) is 21.3 Å². The van der Waals surface area contributed by atoms with Crippen molar-refractivity contribution in [2.75, 3.05) is 13.2 Å². The zero-order valence-corrected chi connectivity index (χ0v) is 10.0. The Morgan fingerprint density at radius 3 is 2.62 bits per heavy atom. The van der Waals surface area contributed by atoms with Gasteiger partial charge in [-0.05, 0) is 37.6 Å². The summed E-state index contributed by atoms with van der Waals surface area (Å²) in [6, 6.07) is 8.13. The average Bonchev–Trinajstić information content (AvgIpc) is 2.32. The van der Waals surface area contributed by atoms with Gasteiger partial charge in [-0.3, -0.25) is 0 Å². The predicted molar refractivity (Wildman–Crippen MR) is 67.4 cm³/mol. The molecule has 2 nitrogen and oxygen atoms in total. The van der Waals surface area contributed by atoms with E-state index in [1.165, 1.54) is 5.56 Å². The van der Waals surface area contributed by atoms with Crippen molar-refractivity contribution >= 4 is 0 Å². The van der Waals surface area contributed by atoms with Crippen molar-refractivity contribution in [2.45, 2.75) is 26.8 Å². The molecule has 16 heavy (non-hydrogen) atoms. The fourth-order valence-corrected chi connectivity index (χ4v) is 1.30. The monoisotopic (exact) mass is 217 g/mol. The molecule has 0 amide bonds. The molecule has 0 radical (unpaired) electrons. The van der Waals surface area contributed by atoms with Crippen LogP contribution in [0.3, 0.4) is 0 Å². The largest absolute Gasteiger partial charge is 0.481 e. The minimum atomic E-state index is 0.462. The van der Waals surface area contributed by atoms with E-state index in [4.69, 9.17) is 4.74 Å². The molecule has 0 heterocycles. The SMILES string of the molecule is CC#CCOc1ccc(CNCCC)cc1. The highest BCUT2D eigenvalue weighted by atomic mass is 16.5. The molecule has 0 bridgehead atoms. The Balaban J connectivity index is 2.37. The summed E-state index contributed by atoms with van der Waals surface area (Å²) in [6.07, 6.45) is 1.16. The van der Waals surface area contributed by atoms with E-state index in [1.54, 1.807) is 0 Å². The van der Waals surface area contributed by atoms with Crippen LogP contribution in [-0.2, 0) is 6.54 Å². The van der Waals surface area contributed by atoms with E-state index in [-0.39, 0.29) is 0 Å². The van der Waals surface area contributed by atoms with Crippen LogP contribution in [0.2, 0.25) is 0 Å². The minimum Gasteiger partial charge on any atom is -0.481 e. The molecule has 0 atom stereocenters.